The number of hydrogen-bond donors (Lipinski definition) is 0. The summed E-state index contributed by atoms with van der Waals surface area (Å²) in [6.07, 6.45) is 0.846. The molecule has 0 aromatic heterocycles. The molecule has 0 saturated carbocycles. The van der Waals surface area contributed by atoms with Crippen molar-refractivity contribution in [3.8, 4) is 0 Å². The van der Waals surface area contributed by atoms with Gasteiger partial charge >= 0.3 is 0 Å². The molecule has 1 unspecified atom stereocenters. The Hall–Kier alpha value is -0.930. The van der Waals surface area contributed by atoms with Gasteiger partial charge in [-0.05, 0) is 20.8 Å². The maximum absolute atomic E-state index is 10.5. The second kappa shape index (κ2) is 2.60. The average molecular weight is 155 g/mol. The van der Waals surface area contributed by atoms with Crippen LogP contribution in [0.1, 0.15) is 20.8 Å². The molecule has 1 aliphatic heterocycles. The van der Waals surface area contributed by atoms with Crippen LogP contribution in [0.5, 0.6) is 0 Å². The van der Waals surface area contributed by atoms with Crippen molar-refractivity contribution in [2.24, 2.45) is 10.3 Å². The van der Waals surface area contributed by atoms with Gasteiger partial charge in [0.2, 0.25) is 0 Å². The quantitative estimate of drug-likeness (QED) is 0.559. The normalized spacial score (nSPS) is 27.5. The summed E-state index contributed by atoms with van der Waals surface area (Å²) in [5.41, 5.74) is -0.240. The van der Waals surface area contributed by atoms with Gasteiger partial charge in [-0.25, -0.2) is 0 Å². The largest absolute Gasteiger partial charge is 0.301 e. The van der Waals surface area contributed by atoms with Crippen molar-refractivity contribution < 1.29 is 4.79 Å². The lowest BCUT2D eigenvalue weighted by Crippen LogP contribution is -2.45. The third-order valence-corrected chi connectivity index (χ3v) is 2.10. The van der Waals surface area contributed by atoms with Crippen molar-refractivity contribution >= 4 is 6.29 Å². The summed E-state index contributed by atoms with van der Waals surface area (Å²) in [5, 5.41) is 9.55. The van der Waals surface area contributed by atoms with Crippen LogP contribution in [0, 0.1) is 0 Å². The molecule has 0 aromatic rings. The summed E-state index contributed by atoms with van der Waals surface area (Å²) in [5.74, 6) is 0. The summed E-state index contributed by atoms with van der Waals surface area (Å²) in [6.45, 7) is 6.72. The molecule has 1 heterocycles. The highest BCUT2D eigenvalue weighted by atomic mass is 16.1. The molecule has 0 spiro atoms. The van der Waals surface area contributed by atoms with E-state index in [1.54, 1.807) is 0 Å². The van der Waals surface area contributed by atoms with E-state index < -0.39 is 0 Å². The van der Waals surface area contributed by atoms with E-state index in [2.05, 4.69) is 10.3 Å². The molecule has 1 atom stereocenters. The van der Waals surface area contributed by atoms with E-state index in [0.29, 0.717) is 0 Å². The third kappa shape index (κ3) is 1.13. The van der Waals surface area contributed by atoms with Crippen LogP contribution < -0.4 is 0 Å². The van der Waals surface area contributed by atoms with E-state index >= 15 is 0 Å². The predicted octanol–water partition coefficient (Wildman–Crippen LogP) is 1.04. The fourth-order valence-corrected chi connectivity index (χ4v) is 1.19. The highest BCUT2D eigenvalue weighted by Gasteiger charge is 2.39. The number of likely N-dealkylation sites (N-methyl/N-ethyl adjacent to an activating group) is 1. The Morgan fingerprint density at radius 1 is 1.64 bits per heavy atom. The first-order valence-corrected chi connectivity index (χ1v) is 3.76. The van der Waals surface area contributed by atoms with Gasteiger partial charge in [-0.3, -0.25) is 5.01 Å². The second-order valence-electron chi connectivity index (χ2n) is 3.16. The fourth-order valence-electron chi connectivity index (χ4n) is 1.19. The maximum Gasteiger partial charge on any atom is 0.152 e. The summed E-state index contributed by atoms with van der Waals surface area (Å²) in [7, 11) is 0. The lowest BCUT2D eigenvalue weighted by Gasteiger charge is -2.29. The van der Waals surface area contributed by atoms with E-state index in [1.165, 1.54) is 0 Å². The predicted molar refractivity (Wildman–Crippen MR) is 41.2 cm³/mol. The Bertz CT molecular complexity index is 188. The number of carbonyl (C=O) groups is 1. The Morgan fingerprint density at radius 2 is 2.27 bits per heavy atom. The first kappa shape index (κ1) is 8.17. The average Bonchev–Trinajstić information content (AvgIpc) is 2.24. The van der Waals surface area contributed by atoms with Crippen molar-refractivity contribution in [3.05, 3.63) is 0 Å². The van der Waals surface area contributed by atoms with E-state index in [9.17, 15) is 4.79 Å². The summed E-state index contributed by atoms with van der Waals surface area (Å²) >= 11 is 0. The molecule has 0 saturated heterocycles. The molecular formula is C7H13N3O. The van der Waals surface area contributed by atoms with Gasteiger partial charge in [-0.1, -0.05) is 5.22 Å². The van der Waals surface area contributed by atoms with Gasteiger partial charge in [0.1, 0.15) is 6.29 Å². The standard InChI is InChI=1S/C7H13N3O/c1-4-10-7(2,3)6(5-11)8-9-10/h5-6H,4H2,1-3H3. The first-order chi connectivity index (χ1) is 5.12. The van der Waals surface area contributed by atoms with Crippen LogP contribution in [-0.4, -0.2) is 29.4 Å². The number of rotatable bonds is 2. The molecule has 0 fully saturated rings. The molecule has 1 rings (SSSR count). The molecule has 0 bridgehead atoms. The molecule has 0 amide bonds. The maximum atomic E-state index is 10.5. The molecule has 0 N–H and O–H groups in total. The molecule has 4 heteroatoms. The molecule has 62 valence electrons. The minimum atomic E-state index is -0.303. The summed E-state index contributed by atoms with van der Waals surface area (Å²) < 4.78 is 0. The van der Waals surface area contributed by atoms with Crippen molar-refractivity contribution in [1.29, 1.82) is 0 Å². The summed E-state index contributed by atoms with van der Waals surface area (Å²) in [4.78, 5) is 10.5. The topological polar surface area (TPSA) is 45.0 Å². The fraction of sp³-hybridized carbons (Fsp3) is 0.857. The van der Waals surface area contributed by atoms with Crippen LogP contribution in [0.4, 0.5) is 0 Å². The number of nitrogens with zero attached hydrogens (tertiary/aromatic N) is 3. The molecule has 0 radical (unpaired) electrons. The zero-order valence-electron chi connectivity index (χ0n) is 7.11. The van der Waals surface area contributed by atoms with Crippen LogP contribution in [0.15, 0.2) is 10.3 Å². The van der Waals surface area contributed by atoms with Crippen LogP contribution in [0.3, 0.4) is 0 Å². The number of carbonyl (C=O) groups excluding carboxylic acids is 1. The second-order valence-corrected chi connectivity index (χ2v) is 3.16. The SMILES string of the molecule is CCN1N=NC(C=O)C1(C)C. The minimum Gasteiger partial charge on any atom is -0.301 e. The molecule has 4 nitrogen and oxygen atoms in total. The first-order valence-electron chi connectivity index (χ1n) is 3.76. The Balaban J connectivity index is 2.79. The van der Waals surface area contributed by atoms with Crippen molar-refractivity contribution in [1.82, 2.24) is 5.01 Å². The minimum absolute atomic E-state index is 0.240. The Labute approximate surface area is 66.3 Å². The van der Waals surface area contributed by atoms with Gasteiger partial charge in [0, 0.05) is 6.54 Å². The van der Waals surface area contributed by atoms with Gasteiger partial charge in [0.05, 0.1) is 5.54 Å². The van der Waals surface area contributed by atoms with Crippen LogP contribution in [0.25, 0.3) is 0 Å². The summed E-state index contributed by atoms with van der Waals surface area (Å²) in [6, 6.07) is -0.303. The molecular weight excluding hydrogens is 142 g/mol. The highest BCUT2D eigenvalue weighted by Crippen LogP contribution is 2.26. The lowest BCUT2D eigenvalue weighted by molar-refractivity contribution is -0.110. The zero-order chi connectivity index (χ0) is 8.48. The van der Waals surface area contributed by atoms with Gasteiger partial charge in [-0.15, -0.1) is 0 Å². The number of hydrogen-bond acceptors (Lipinski definition) is 4. The van der Waals surface area contributed by atoms with Gasteiger partial charge < -0.3 is 4.79 Å². The molecule has 0 aromatic carbocycles. The van der Waals surface area contributed by atoms with Crippen molar-refractivity contribution in [2.75, 3.05) is 6.54 Å². The third-order valence-electron chi connectivity index (χ3n) is 2.10. The molecule has 1 aliphatic rings. The monoisotopic (exact) mass is 155 g/mol. The Morgan fingerprint density at radius 3 is 2.55 bits per heavy atom. The van der Waals surface area contributed by atoms with Crippen LogP contribution in [0.2, 0.25) is 0 Å². The van der Waals surface area contributed by atoms with E-state index in [0.717, 1.165) is 12.8 Å². The lowest BCUT2D eigenvalue weighted by atomic mass is 9.96. The van der Waals surface area contributed by atoms with Gasteiger partial charge in [0.25, 0.3) is 0 Å². The van der Waals surface area contributed by atoms with Crippen LogP contribution in [-0.2, 0) is 4.79 Å². The van der Waals surface area contributed by atoms with Gasteiger partial charge in [0.15, 0.2) is 6.04 Å². The van der Waals surface area contributed by atoms with Gasteiger partial charge in [-0.2, -0.15) is 5.11 Å². The van der Waals surface area contributed by atoms with Crippen molar-refractivity contribution in [3.63, 3.8) is 0 Å². The zero-order valence-corrected chi connectivity index (χ0v) is 7.11. The van der Waals surface area contributed by atoms with Crippen LogP contribution >= 0.6 is 0 Å². The van der Waals surface area contributed by atoms with E-state index in [1.807, 2.05) is 25.8 Å². The molecule has 11 heavy (non-hydrogen) atoms. The number of aldehydes is 1. The van der Waals surface area contributed by atoms with Crippen molar-refractivity contribution in [2.45, 2.75) is 32.4 Å². The highest BCUT2D eigenvalue weighted by molar-refractivity contribution is 5.60. The smallest absolute Gasteiger partial charge is 0.152 e. The van der Waals surface area contributed by atoms with E-state index in [-0.39, 0.29) is 11.6 Å². The van der Waals surface area contributed by atoms with E-state index in [4.69, 9.17) is 0 Å². The Kier molecular flexibility index (Phi) is 1.93. The molecule has 0 aliphatic carbocycles.